The highest BCUT2D eigenvalue weighted by molar-refractivity contribution is 5.86. The molecule has 1 atom stereocenters. The molecule has 0 bridgehead atoms. The number of pyridine rings is 1. The Bertz CT molecular complexity index is 671. The normalized spacial score (nSPS) is 17.3. The molecule has 0 aliphatic carbocycles. The predicted octanol–water partition coefficient (Wildman–Crippen LogP) is 3.33. The number of anilines is 1. The standard InChI is InChI=1S/C17H19N3O/c1-12(13-6-8-21-9-7-13)19-17-10-14(11-18)15-4-2-3-5-16(15)20-17/h2-5,10,12-13H,6-9H2,1H3,(H,19,20). The maximum Gasteiger partial charge on any atom is 0.128 e. The molecule has 1 aromatic heterocycles. The van der Waals surface area contributed by atoms with Gasteiger partial charge in [-0.2, -0.15) is 5.26 Å². The van der Waals surface area contributed by atoms with Crippen LogP contribution in [0.3, 0.4) is 0 Å². The van der Waals surface area contributed by atoms with E-state index in [1.165, 1.54) is 0 Å². The molecule has 1 aliphatic rings. The number of nitriles is 1. The van der Waals surface area contributed by atoms with E-state index >= 15 is 0 Å². The fraction of sp³-hybridized carbons (Fsp3) is 0.412. The van der Waals surface area contributed by atoms with Crippen LogP contribution in [0.25, 0.3) is 10.9 Å². The van der Waals surface area contributed by atoms with Crippen molar-refractivity contribution >= 4 is 16.7 Å². The number of nitrogens with zero attached hydrogens (tertiary/aromatic N) is 2. The van der Waals surface area contributed by atoms with Crippen molar-refractivity contribution in [1.29, 1.82) is 5.26 Å². The number of hydrogen-bond acceptors (Lipinski definition) is 4. The number of aromatic nitrogens is 1. The number of rotatable bonds is 3. The highest BCUT2D eigenvalue weighted by Crippen LogP contribution is 2.24. The molecule has 2 aromatic rings. The van der Waals surface area contributed by atoms with Gasteiger partial charge in [0.25, 0.3) is 0 Å². The second-order valence-corrected chi connectivity index (χ2v) is 5.57. The SMILES string of the molecule is CC(Nc1cc(C#N)c2ccccc2n1)C1CCOCC1. The van der Waals surface area contributed by atoms with E-state index in [1.807, 2.05) is 30.3 Å². The van der Waals surface area contributed by atoms with Crippen molar-refractivity contribution in [2.24, 2.45) is 5.92 Å². The number of hydrogen-bond donors (Lipinski definition) is 1. The molecule has 0 radical (unpaired) electrons. The van der Waals surface area contributed by atoms with Gasteiger partial charge in [0.1, 0.15) is 5.82 Å². The summed E-state index contributed by atoms with van der Waals surface area (Å²) in [7, 11) is 0. The first-order valence-electron chi connectivity index (χ1n) is 7.42. The van der Waals surface area contributed by atoms with Crippen molar-refractivity contribution in [3.63, 3.8) is 0 Å². The first-order valence-corrected chi connectivity index (χ1v) is 7.42. The summed E-state index contributed by atoms with van der Waals surface area (Å²) in [5.41, 5.74) is 1.53. The van der Waals surface area contributed by atoms with Crippen LogP contribution in [-0.4, -0.2) is 24.2 Å². The zero-order chi connectivity index (χ0) is 14.7. The molecule has 1 saturated heterocycles. The van der Waals surface area contributed by atoms with Crippen LogP contribution in [0.4, 0.5) is 5.82 Å². The van der Waals surface area contributed by atoms with Crippen molar-refractivity contribution < 1.29 is 4.74 Å². The molecule has 108 valence electrons. The molecule has 1 fully saturated rings. The fourth-order valence-corrected chi connectivity index (χ4v) is 2.91. The second-order valence-electron chi connectivity index (χ2n) is 5.57. The average molecular weight is 281 g/mol. The molecule has 0 amide bonds. The fourth-order valence-electron chi connectivity index (χ4n) is 2.91. The van der Waals surface area contributed by atoms with Crippen molar-refractivity contribution in [3.8, 4) is 6.07 Å². The topological polar surface area (TPSA) is 57.9 Å². The quantitative estimate of drug-likeness (QED) is 0.937. The van der Waals surface area contributed by atoms with E-state index in [0.717, 1.165) is 42.8 Å². The molecule has 0 saturated carbocycles. The van der Waals surface area contributed by atoms with Crippen molar-refractivity contribution in [1.82, 2.24) is 4.98 Å². The Morgan fingerprint density at radius 3 is 2.86 bits per heavy atom. The molecule has 4 nitrogen and oxygen atoms in total. The van der Waals surface area contributed by atoms with Crippen LogP contribution in [0.15, 0.2) is 30.3 Å². The molecule has 3 rings (SSSR count). The highest BCUT2D eigenvalue weighted by atomic mass is 16.5. The monoisotopic (exact) mass is 281 g/mol. The predicted molar refractivity (Wildman–Crippen MR) is 83.1 cm³/mol. The van der Waals surface area contributed by atoms with Crippen molar-refractivity contribution in [2.75, 3.05) is 18.5 Å². The van der Waals surface area contributed by atoms with Gasteiger partial charge in [0.2, 0.25) is 0 Å². The third-order valence-electron chi connectivity index (χ3n) is 4.19. The van der Waals surface area contributed by atoms with Gasteiger partial charge < -0.3 is 10.1 Å². The summed E-state index contributed by atoms with van der Waals surface area (Å²) in [4.78, 5) is 4.63. The Hall–Kier alpha value is -2.12. The Balaban J connectivity index is 1.85. The van der Waals surface area contributed by atoms with Gasteiger partial charge in [-0.25, -0.2) is 4.98 Å². The van der Waals surface area contributed by atoms with Crippen LogP contribution in [0, 0.1) is 17.2 Å². The Labute approximate surface area is 124 Å². The van der Waals surface area contributed by atoms with Gasteiger partial charge in [-0.3, -0.25) is 0 Å². The zero-order valence-corrected chi connectivity index (χ0v) is 12.2. The summed E-state index contributed by atoms with van der Waals surface area (Å²) in [6, 6.07) is 12.2. The molecule has 0 spiro atoms. The lowest BCUT2D eigenvalue weighted by atomic mass is 9.93. The summed E-state index contributed by atoms with van der Waals surface area (Å²) < 4.78 is 5.41. The molecule has 1 aliphatic heterocycles. The van der Waals surface area contributed by atoms with E-state index in [0.29, 0.717) is 17.5 Å². The highest BCUT2D eigenvalue weighted by Gasteiger charge is 2.20. The second kappa shape index (κ2) is 6.11. The van der Waals surface area contributed by atoms with Crippen LogP contribution in [-0.2, 0) is 4.74 Å². The lowest BCUT2D eigenvalue weighted by molar-refractivity contribution is 0.0622. The summed E-state index contributed by atoms with van der Waals surface area (Å²) in [6.07, 6.45) is 2.15. The average Bonchev–Trinajstić information content (AvgIpc) is 2.55. The van der Waals surface area contributed by atoms with Gasteiger partial charge in [-0.15, -0.1) is 0 Å². The first-order chi connectivity index (χ1) is 10.3. The summed E-state index contributed by atoms with van der Waals surface area (Å²) >= 11 is 0. The number of nitrogens with one attached hydrogen (secondary N) is 1. The van der Waals surface area contributed by atoms with Crippen molar-refractivity contribution in [2.45, 2.75) is 25.8 Å². The Kier molecular flexibility index (Phi) is 4.03. The van der Waals surface area contributed by atoms with E-state index in [1.54, 1.807) is 0 Å². The van der Waals surface area contributed by atoms with E-state index < -0.39 is 0 Å². The van der Waals surface area contributed by atoms with Gasteiger partial charge in [0.15, 0.2) is 0 Å². The molecule has 4 heteroatoms. The number of fused-ring (bicyclic) bond motifs is 1. The van der Waals surface area contributed by atoms with Gasteiger partial charge in [0.05, 0.1) is 17.1 Å². The van der Waals surface area contributed by atoms with Gasteiger partial charge in [-0.1, -0.05) is 18.2 Å². The molecule has 1 unspecified atom stereocenters. The molecular weight excluding hydrogens is 262 g/mol. The minimum absolute atomic E-state index is 0.328. The molecule has 1 aromatic carbocycles. The number of benzene rings is 1. The van der Waals surface area contributed by atoms with Gasteiger partial charge in [0, 0.05) is 24.6 Å². The summed E-state index contributed by atoms with van der Waals surface area (Å²) in [5, 5.41) is 13.7. The summed E-state index contributed by atoms with van der Waals surface area (Å²) in [5.74, 6) is 1.38. The lowest BCUT2D eigenvalue weighted by Crippen LogP contribution is -2.31. The molecule has 21 heavy (non-hydrogen) atoms. The third kappa shape index (κ3) is 2.98. The molecule has 2 heterocycles. The first kappa shape index (κ1) is 13.8. The van der Waals surface area contributed by atoms with Gasteiger partial charge in [-0.05, 0) is 37.8 Å². The van der Waals surface area contributed by atoms with Crippen molar-refractivity contribution in [3.05, 3.63) is 35.9 Å². The maximum absolute atomic E-state index is 9.32. The van der Waals surface area contributed by atoms with Crippen LogP contribution in [0.1, 0.15) is 25.3 Å². The number of para-hydroxylation sites is 1. The summed E-state index contributed by atoms with van der Waals surface area (Å²) in [6.45, 7) is 3.86. The van der Waals surface area contributed by atoms with Crippen LogP contribution >= 0.6 is 0 Å². The molecular formula is C17H19N3O. The third-order valence-corrected chi connectivity index (χ3v) is 4.19. The minimum atomic E-state index is 0.328. The van der Waals surface area contributed by atoms with Gasteiger partial charge >= 0.3 is 0 Å². The van der Waals surface area contributed by atoms with Crippen LogP contribution < -0.4 is 5.32 Å². The zero-order valence-electron chi connectivity index (χ0n) is 12.2. The minimum Gasteiger partial charge on any atom is -0.381 e. The van der Waals surface area contributed by atoms with E-state index in [4.69, 9.17) is 4.74 Å². The van der Waals surface area contributed by atoms with E-state index in [-0.39, 0.29) is 0 Å². The Morgan fingerprint density at radius 1 is 1.33 bits per heavy atom. The van der Waals surface area contributed by atoms with E-state index in [2.05, 4.69) is 23.3 Å². The lowest BCUT2D eigenvalue weighted by Gasteiger charge is -2.28. The molecule has 1 N–H and O–H groups in total. The van der Waals surface area contributed by atoms with Crippen LogP contribution in [0.2, 0.25) is 0 Å². The maximum atomic E-state index is 9.32. The largest absolute Gasteiger partial charge is 0.381 e. The Morgan fingerprint density at radius 2 is 2.10 bits per heavy atom. The smallest absolute Gasteiger partial charge is 0.128 e. The number of ether oxygens (including phenoxy) is 1. The van der Waals surface area contributed by atoms with Crippen LogP contribution in [0.5, 0.6) is 0 Å². The van der Waals surface area contributed by atoms with E-state index in [9.17, 15) is 5.26 Å².